The van der Waals surface area contributed by atoms with Crippen LogP contribution in [0.2, 0.25) is 0 Å². The molecule has 0 amide bonds. The molecule has 0 fully saturated rings. The van der Waals surface area contributed by atoms with E-state index in [9.17, 15) is 35.9 Å². The summed E-state index contributed by atoms with van der Waals surface area (Å²) in [5.74, 6) is -1.63. The molecule has 1 heterocycles. The van der Waals surface area contributed by atoms with Crippen molar-refractivity contribution in [1.29, 1.82) is 5.26 Å². The summed E-state index contributed by atoms with van der Waals surface area (Å²) in [6.45, 7) is 0. The number of nitriles is 1. The van der Waals surface area contributed by atoms with Crippen LogP contribution < -0.4 is 14.2 Å². The molecule has 0 aliphatic rings. The van der Waals surface area contributed by atoms with E-state index >= 15 is 0 Å². The first-order chi connectivity index (χ1) is 16.7. The van der Waals surface area contributed by atoms with E-state index in [0.717, 1.165) is 17.4 Å². The van der Waals surface area contributed by atoms with E-state index < -0.39 is 46.3 Å². The Labute approximate surface area is 207 Å². The molecule has 0 aliphatic heterocycles. The van der Waals surface area contributed by atoms with Crippen LogP contribution in [0.1, 0.15) is 22.5 Å². The predicted molar refractivity (Wildman–Crippen MR) is 124 cm³/mol. The van der Waals surface area contributed by atoms with Crippen LogP contribution in [-0.4, -0.2) is 32.4 Å². The number of thiophene rings is 1. The van der Waals surface area contributed by atoms with Gasteiger partial charge in [-0.15, -0.1) is 11.3 Å². The predicted octanol–water partition coefficient (Wildman–Crippen LogP) is 4.48. The Balaban J connectivity index is 2.04. The summed E-state index contributed by atoms with van der Waals surface area (Å²) in [5.41, 5.74) is -2.42. The number of hydrogen-bond donors (Lipinski definition) is 3. The average Bonchev–Trinajstić information content (AvgIpc) is 3.31. The minimum Gasteiger partial charge on any atom is -0.493 e. The van der Waals surface area contributed by atoms with Gasteiger partial charge >= 0.3 is 13.8 Å². The van der Waals surface area contributed by atoms with E-state index in [1.54, 1.807) is 18.2 Å². The van der Waals surface area contributed by atoms with Crippen molar-refractivity contribution in [2.75, 3.05) is 14.2 Å². The van der Waals surface area contributed by atoms with Gasteiger partial charge in [0, 0.05) is 10.4 Å². The van der Waals surface area contributed by atoms with Gasteiger partial charge in [-0.1, -0.05) is 12.1 Å². The zero-order valence-corrected chi connectivity index (χ0v) is 21.0. The maximum absolute atomic E-state index is 13.4. The minimum atomic E-state index is -5.36. The fourth-order valence-corrected chi connectivity index (χ4v) is 7.21. The smallest absolute Gasteiger partial charge is 0.417 e. The first-order valence-electron chi connectivity index (χ1n) is 9.73. The number of alkyl halides is 3. The molecule has 0 saturated carbocycles. The highest BCUT2D eigenvalue weighted by Crippen LogP contribution is 2.52. The van der Waals surface area contributed by atoms with Gasteiger partial charge in [-0.25, -0.2) is 8.42 Å². The van der Waals surface area contributed by atoms with E-state index in [-0.39, 0.29) is 4.21 Å². The Morgan fingerprint density at radius 3 is 2.36 bits per heavy atom. The van der Waals surface area contributed by atoms with E-state index in [2.05, 4.69) is 0 Å². The van der Waals surface area contributed by atoms with Crippen molar-refractivity contribution in [2.24, 2.45) is 0 Å². The topological polar surface area (TPSA) is 146 Å². The molecular weight excluding hydrogens is 544 g/mol. The summed E-state index contributed by atoms with van der Waals surface area (Å²) in [6, 6.07) is 10.8. The number of methoxy groups -OCH3 is 2. The van der Waals surface area contributed by atoms with Crippen molar-refractivity contribution in [2.45, 2.75) is 16.2 Å². The van der Waals surface area contributed by atoms with Gasteiger partial charge in [-0.2, -0.15) is 23.2 Å². The number of benzene rings is 2. The number of rotatable bonds is 8. The average molecular weight is 562 g/mol. The second-order valence-corrected chi connectivity index (χ2v) is 11.9. The quantitative estimate of drug-likeness (QED) is 0.341. The fourth-order valence-electron chi connectivity index (χ4n) is 3.29. The van der Waals surface area contributed by atoms with Gasteiger partial charge in [-0.3, -0.25) is 4.57 Å². The fraction of sp³-hybridized carbons (Fsp3) is 0.190. The number of nitrogens with zero attached hydrogens (tertiary/aromatic N) is 1. The third-order valence-electron chi connectivity index (χ3n) is 4.90. The molecule has 1 unspecified atom stereocenters. The lowest BCUT2D eigenvalue weighted by Crippen LogP contribution is -2.28. The lowest BCUT2D eigenvalue weighted by molar-refractivity contribution is -0.137. The maximum atomic E-state index is 13.4. The lowest BCUT2D eigenvalue weighted by atomic mass is 10.0. The van der Waals surface area contributed by atoms with Crippen LogP contribution in [0.25, 0.3) is 10.4 Å². The highest BCUT2D eigenvalue weighted by molar-refractivity contribution is 7.92. The van der Waals surface area contributed by atoms with E-state index in [1.165, 1.54) is 32.4 Å². The monoisotopic (exact) mass is 562 g/mol. The zero-order valence-electron chi connectivity index (χ0n) is 18.5. The summed E-state index contributed by atoms with van der Waals surface area (Å²) in [5, 5.41) is 8.94. The number of hydrogen-bond acceptors (Lipinski definition) is 7. The van der Waals surface area contributed by atoms with Gasteiger partial charge in [0.15, 0.2) is 11.5 Å². The molecule has 1 aromatic heterocycles. The zero-order chi connectivity index (χ0) is 26.9. The Hall–Kier alpha value is -2.92. The number of ether oxygens (including phenoxy) is 2. The van der Waals surface area contributed by atoms with Crippen LogP contribution >= 0.6 is 18.9 Å². The summed E-state index contributed by atoms with van der Waals surface area (Å²) in [7, 11) is -7.16. The third-order valence-corrected chi connectivity index (χ3v) is 9.21. The standard InChI is InChI=1S/C21H18F3N2O7PS2/c1-32-16-5-3-4-14(19(16)33-2)17-8-9-18(35-17)36(30,31)26-20(34(27,28)29)12-6-7-13(11-25)15(10-12)21(22,23)24/h3-10,20,26H,1-2H3,(H2,27,28,29). The minimum absolute atomic E-state index is 0.323. The first kappa shape index (κ1) is 27.7. The number of halogens is 3. The number of sulfonamides is 1. The van der Waals surface area contributed by atoms with Crippen LogP contribution in [0.5, 0.6) is 11.5 Å². The Kier molecular flexibility index (Phi) is 7.85. The maximum Gasteiger partial charge on any atom is 0.417 e. The second kappa shape index (κ2) is 10.2. The molecule has 1 atom stereocenters. The van der Waals surface area contributed by atoms with Crippen molar-refractivity contribution in [3.05, 3.63) is 65.2 Å². The molecule has 2 aromatic carbocycles. The molecule has 15 heteroatoms. The molecule has 9 nitrogen and oxygen atoms in total. The van der Waals surface area contributed by atoms with Crippen molar-refractivity contribution in [3.63, 3.8) is 0 Å². The molecule has 3 rings (SSSR count). The van der Waals surface area contributed by atoms with E-state index in [4.69, 9.17) is 14.7 Å². The Morgan fingerprint density at radius 1 is 1.11 bits per heavy atom. The molecule has 36 heavy (non-hydrogen) atoms. The second-order valence-electron chi connectivity index (χ2n) is 7.19. The van der Waals surface area contributed by atoms with E-state index in [1.807, 2.05) is 4.72 Å². The molecule has 0 bridgehead atoms. The van der Waals surface area contributed by atoms with Gasteiger partial charge in [0.05, 0.1) is 31.4 Å². The Bertz CT molecular complexity index is 1480. The van der Waals surface area contributed by atoms with Crippen molar-refractivity contribution >= 4 is 29.0 Å². The number of nitrogens with one attached hydrogen (secondary N) is 1. The van der Waals surface area contributed by atoms with Crippen molar-refractivity contribution in [3.8, 4) is 28.0 Å². The van der Waals surface area contributed by atoms with Crippen LogP contribution in [-0.2, 0) is 20.8 Å². The van der Waals surface area contributed by atoms with Crippen LogP contribution in [0.3, 0.4) is 0 Å². The van der Waals surface area contributed by atoms with Crippen LogP contribution in [0.15, 0.2) is 52.7 Å². The normalized spacial score (nSPS) is 13.2. The van der Waals surface area contributed by atoms with Gasteiger partial charge in [-0.05, 0) is 42.0 Å². The molecular formula is C21H18F3N2O7PS2. The van der Waals surface area contributed by atoms with Crippen LogP contribution in [0.4, 0.5) is 13.2 Å². The molecule has 0 radical (unpaired) electrons. The molecule has 3 aromatic rings. The lowest BCUT2D eigenvalue weighted by Gasteiger charge is -2.21. The molecule has 0 aliphatic carbocycles. The highest BCUT2D eigenvalue weighted by Gasteiger charge is 2.39. The van der Waals surface area contributed by atoms with Gasteiger partial charge in [0.1, 0.15) is 9.99 Å². The molecule has 3 N–H and O–H groups in total. The van der Waals surface area contributed by atoms with E-state index in [0.29, 0.717) is 34.1 Å². The third kappa shape index (κ3) is 5.73. The Morgan fingerprint density at radius 2 is 1.81 bits per heavy atom. The molecule has 192 valence electrons. The van der Waals surface area contributed by atoms with Crippen LogP contribution in [0, 0.1) is 11.3 Å². The van der Waals surface area contributed by atoms with Gasteiger partial charge < -0.3 is 19.3 Å². The number of para-hydroxylation sites is 1. The molecule has 0 saturated heterocycles. The van der Waals surface area contributed by atoms with Crippen molar-refractivity contribution < 1.29 is 45.4 Å². The van der Waals surface area contributed by atoms with Gasteiger partial charge in [0.2, 0.25) is 0 Å². The highest BCUT2D eigenvalue weighted by atomic mass is 32.2. The summed E-state index contributed by atoms with van der Waals surface area (Å²) in [6.07, 6.45) is -5.02. The summed E-state index contributed by atoms with van der Waals surface area (Å²) >= 11 is 0.741. The SMILES string of the molecule is COc1cccc(-c2ccc(S(=O)(=O)NC(c3ccc(C#N)c(C(F)(F)F)c3)P(=O)(O)O)s2)c1OC. The summed E-state index contributed by atoms with van der Waals surface area (Å²) in [4.78, 5) is 20.0. The summed E-state index contributed by atoms with van der Waals surface area (Å²) < 4.78 is 90.3. The first-order valence-corrected chi connectivity index (χ1v) is 13.7. The molecule has 0 spiro atoms. The largest absolute Gasteiger partial charge is 0.493 e. The van der Waals surface area contributed by atoms with Gasteiger partial charge in [0.25, 0.3) is 10.0 Å². The van der Waals surface area contributed by atoms with Crippen molar-refractivity contribution in [1.82, 2.24) is 4.72 Å².